The van der Waals surface area contributed by atoms with Gasteiger partial charge in [0.2, 0.25) is 0 Å². The standard InChI is InChI=1S/C15H10F5N3O/c1-8(24-12-3-2-9(16)6-11(12)17)10-4-5-23-7-21-22-14(23)13(10)15(18,19)20/h2-8H,1H3. The van der Waals surface area contributed by atoms with Gasteiger partial charge in [0, 0.05) is 17.8 Å². The summed E-state index contributed by atoms with van der Waals surface area (Å²) < 4.78 is 73.2. The predicted octanol–water partition coefficient (Wildman–Crippen LogP) is 4.17. The number of nitrogens with zero attached hydrogens (tertiary/aromatic N) is 3. The molecule has 2 aromatic heterocycles. The van der Waals surface area contributed by atoms with Gasteiger partial charge in [0.05, 0.1) is 0 Å². The molecule has 0 N–H and O–H groups in total. The van der Waals surface area contributed by atoms with Crippen molar-refractivity contribution in [2.45, 2.75) is 19.2 Å². The molecule has 126 valence electrons. The first kappa shape index (κ1) is 16.2. The molecule has 0 radical (unpaired) electrons. The van der Waals surface area contributed by atoms with Crippen LogP contribution < -0.4 is 4.74 Å². The van der Waals surface area contributed by atoms with Crippen LogP contribution in [0.1, 0.15) is 24.2 Å². The SMILES string of the molecule is CC(Oc1ccc(F)cc1F)c1ccn2cnnc2c1C(F)(F)F. The fourth-order valence-electron chi connectivity index (χ4n) is 2.36. The molecule has 0 fully saturated rings. The second kappa shape index (κ2) is 5.73. The lowest BCUT2D eigenvalue weighted by Gasteiger charge is -2.20. The van der Waals surface area contributed by atoms with Crippen molar-refractivity contribution >= 4 is 5.65 Å². The Morgan fingerprint density at radius 2 is 1.92 bits per heavy atom. The summed E-state index contributed by atoms with van der Waals surface area (Å²) in [6.45, 7) is 1.33. The summed E-state index contributed by atoms with van der Waals surface area (Å²) in [6.07, 6.45) is -3.37. The molecular weight excluding hydrogens is 333 g/mol. The fraction of sp³-hybridized carbons (Fsp3) is 0.200. The molecule has 24 heavy (non-hydrogen) atoms. The molecule has 0 amide bonds. The van der Waals surface area contributed by atoms with Crippen LogP contribution in [0.5, 0.6) is 5.75 Å². The monoisotopic (exact) mass is 343 g/mol. The van der Waals surface area contributed by atoms with Crippen LogP contribution in [0, 0.1) is 11.6 Å². The van der Waals surface area contributed by atoms with Crippen LogP contribution in [0.3, 0.4) is 0 Å². The van der Waals surface area contributed by atoms with Crippen molar-refractivity contribution in [2.24, 2.45) is 0 Å². The molecule has 2 heterocycles. The average Bonchev–Trinajstić information content (AvgIpc) is 2.96. The van der Waals surface area contributed by atoms with Crippen LogP contribution in [-0.4, -0.2) is 14.6 Å². The first-order valence-electron chi connectivity index (χ1n) is 6.78. The molecule has 0 bridgehead atoms. The van der Waals surface area contributed by atoms with Gasteiger partial charge < -0.3 is 4.74 Å². The van der Waals surface area contributed by atoms with Gasteiger partial charge in [-0.1, -0.05) is 0 Å². The highest BCUT2D eigenvalue weighted by Crippen LogP contribution is 2.38. The van der Waals surface area contributed by atoms with E-state index in [4.69, 9.17) is 4.74 Å². The van der Waals surface area contributed by atoms with Gasteiger partial charge >= 0.3 is 6.18 Å². The van der Waals surface area contributed by atoms with E-state index in [9.17, 15) is 22.0 Å². The molecule has 0 saturated carbocycles. The minimum absolute atomic E-state index is 0.230. The number of hydrogen-bond donors (Lipinski definition) is 0. The van der Waals surface area contributed by atoms with Crippen molar-refractivity contribution in [1.29, 1.82) is 0 Å². The van der Waals surface area contributed by atoms with Gasteiger partial charge in [-0.15, -0.1) is 10.2 Å². The highest BCUT2D eigenvalue weighted by molar-refractivity contribution is 5.53. The lowest BCUT2D eigenvalue weighted by molar-refractivity contribution is -0.138. The summed E-state index contributed by atoms with van der Waals surface area (Å²) in [7, 11) is 0. The van der Waals surface area contributed by atoms with E-state index in [0.29, 0.717) is 6.07 Å². The number of ether oxygens (including phenoxy) is 1. The molecule has 1 atom stereocenters. The van der Waals surface area contributed by atoms with E-state index in [1.807, 2.05) is 0 Å². The Hall–Kier alpha value is -2.71. The van der Waals surface area contributed by atoms with Crippen LogP contribution >= 0.6 is 0 Å². The van der Waals surface area contributed by atoms with Gasteiger partial charge in [-0.3, -0.25) is 4.40 Å². The molecule has 1 aromatic carbocycles. The van der Waals surface area contributed by atoms with Crippen LogP contribution in [0.25, 0.3) is 5.65 Å². The van der Waals surface area contributed by atoms with E-state index in [-0.39, 0.29) is 17.0 Å². The quantitative estimate of drug-likeness (QED) is 0.670. The zero-order chi connectivity index (χ0) is 17.5. The zero-order valence-corrected chi connectivity index (χ0v) is 12.2. The van der Waals surface area contributed by atoms with Crippen molar-refractivity contribution < 1.29 is 26.7 Å². The number of hydrogen-bond acceptors (Lipinski definition) is 3. The average molecular weight is 343 g/mol. The minimum Gasteiger partial charge on any atom is -0.483 e. The Kier molecular flexibility index (Phi) is 3.86. The van der Waals surface area contributed by atoms with Gasteiger partial charge in [0.15, 0.2) is 17.2 Å². The summed E-state index contributed by atoms with van der Waals surface area (Å²) in [4.78, 5) is 0. The second-order valence-corrected chi connectivity index (χ2v) is 5.04. The van der Waals surface area contributed by atoms with E-state index in [1.54, 1.807) is 0 Å². The number of rotatable bonds is 3. The Bertz CT molecular complexity index is 890. The molecule has 0 saturated heterocycles. The first-order valence-corrected chi connectivity index (χ1v) is 6.78. The van der Waals surface area contributed by atoms with Gasteiger partial charge in [0.25, 0.3) is 0 Å². The van der Waals surface area contributed by atoms with Crippen molar-refractivity contribution in [1.82, 2.24) is 14.6 Å². The van der Waals surface area contributed by atoms with Crippen LogP contribution in [0.4, 0.5) is 22.0 Å². The fourth-order valence-corrected chi connectivity index (χ4v) is 2.36. The maximum atomic E-state index is 13.7. The molecular formula is C15H10F5N3O. The maximum absolute atomic E-state index is 13.7. The lowest BCUT2D eigenvalue weighted by Crippen LogP contribution is -2.16. The number of benzene rings is 1. The molecule has 0 spiro atoms. The molecule has 3 rings (SSSR count). The summed E-state index contributed by atoms with van der Waals surface area (Å²) in [6, 6.07) is 3.77. The van der Waals surface area contributed by atoms with E-state index in [1.165, 1.54) is 19.2 Å². The summed E-state index contributed by atoms with van der Waals surface area (Å²) in [5.74, 6) is -2.16. The van der Waals surface area contributed by atoms with Gasteiger partial charge in [-0.05, 0) is 25.1 Å². The highest BCUT2D eigenvalue weighted by Gasteiger charge is 2.38. The summed E-state index contributed by atoms with van der Waals surface area (Å²) >= 11 is 0. The molecule has 0 aliphatic heterocycles. The molecule has 1 unspecified atom stereocenters. The van der Waals surface area contributed by atoms with Gasteiger partial charge in [-0.25, -0.2) is 8.78 Å². The Morgan fingerprint density at radius 1 is 1.17 bits per heavy atom. The Labute approximate surface area is 132 Å². The Morgan fingerprint density at radius 3 is 2.58 bits per heavy atom. The van der Waals surface area contributed by atoms with Crippen molar-refractivity contribution in [3.63, 3.8) is 0 Å². The summed E-state index contributed by atoms with van der Waals surface area (Å²) in [5, 5.41) is 6.93. The second-order valence-electron chi connectivity index (χ2n) is 5.04. The van der Waals surface area contributed by atoms with E-state index in [0.717, 1.165) is 22.9 Å². The normalized spacial score (nSPS) is 13.2. The van der Waals surface area contributed by atoms with Gasteiger partial charge in [-0.2, -0.15) is 13.2 Å². The highest BCUT2D eigenvalue weighted by atomic mass is 19.4. The predicted molar refractivity (Wildman–Crippen MR) is 73.4 cm³/mol. The van der Waals surface area contributed by atoms with E-state index < -0.39 is 29.5 Å². The largest absolute Gasteiger partial charge is 0.483 e. The molecule has 0 aliphatic rings. The van der Waals surface area contributed by atoms with Crippen molar-refractivity contribution in [2.75, 3.05) is 0 Å². The topological polar surface area (TPSA) is 39.4 Å². The Balaban J connectivity index is 2.05. The zero-order valence-electron chi connectivity index (χ0n) is 12.2. The van der Waals surface area contributed by atoms with E-state index in [2.05, 4.69) is 10.2 Å². The van der Waals surface area contributed by atoms with Crippen LogP contribution in [0.15, 0.2) is 36.8 Å². The molecule has 4 nitrogen and oxygen atoms in total. The van der Waals surface area contributed by atoms with Crippen LogP contribution in [-0.2, 0) is 6.18 Å². The minimum atomic E-state index is -4.70. The molecule has 9 heteroatoms. The number of halogens is 5. The third-order valence-electron chi connectivity index (χ3n) is 3.42. The first-order chi connectivity index (χ1) is 11.3. The number of pyridine rings is 1. The molecule has 0 aliphatic carbocycles. The van der Waals surface area contributed by atoms with Gasteiger partial charge in [0.1, 0.15) is 23.8 Å². The third-order valence-corrected chi connectivity index (χ3v) is 3.42. The number of aromatic nitrogens is 3. The van der Waals surface area contributed by atoms with Crippen molar-refractivity contribution in [3.8, 4) is 5.75 Å². The number of alkyl halides is 3. The maximum Gasteiger partial charge on any atom is 0.420 e. The van der Waals surface area contributed by atoms with Crippen LogP contribution in [0.2, 0.25) is 0 Å². The van der Waals surface area contributed by atoms with E-state index >= 15 is 0 Å². The smallest absolute Gasteiger partial charge is 0.420 e. The third kappa shape index (κ3) is 2.89. The summed E-state index contributed by atoms with van der Waals surface area (Å²) in [5.41, 5.74) is -1.63. The molecule has 3 aromatic rings. The number of fused-ring (bicyclic) bond motifs is 1. The van der Waals surface area contributed by atoms with Crippen molar-refractivity contribution in [3.05, 3.63) is 59.6 Å². The lowest BCUT2D eigenvalue weighted by atomic mass is 10.0.